The van der Waals surface area contributed by atoms with Crippen molar-refractivity contribution >= 4 is 11.9 Å². The zero-order valence-corrected chi connectivity index (χ0v) is 52.0. The molecule has 77 heavy (non-hydrogen) atoms. The third kappa shape index (κ3) is 63.1. The second kappa shape index (κ2) is 66.6. The Balaban J connectivity index is 3.41. The summed E-state index contributed by atoms with van der Waals surface area (Å²) in [7, 11) is 0. The number of esters is 1. The highest BCUT2D eigenvalue weighted by molar-refractivity contribution is 5.76. The van der Waals surface area contributed by atoms with E-state index in [1.54, 1.807) is 6.08 Å². The van der Waals surface area contributed by atoms with E-state index in [-0.39, 0.29) is 18.5 Å². The van der Waals surface area contributed by atoms with Gasteiger partial charge in [-0.1, -0.05) is 326 Å². The second-order valence-corrected chi connectivity index (χ2v) is 23.9. The largest absolute Gasteiger partial charge is 0.466 e. The summed E-state index contributed by atoms with van der Waals surface area (Å²) in [5.74, 6) is -0.0598. The van der Waals surface area contributed by atoms with Gasteiger partial charge in [-0.05, 0) is 77.0 Å². The molecule has 0 bridgehead atoms. The fraction of sp³-hybridized carbons (Fsp3) is 0.887. The van der Waals surface area contributed by atoms with Gasteiger partial charge in [-0.3, -0.25) is 9.59 Å². The normalized spacial score (nSPS) is 12.7. The minimum absolute atomic E-state index is 0.00460. The van der Waals surface area contributed by atoms with E-state index in [2.05, 4.69) is 43.5 Å². The van der Waals surface area contributed by atoms with Gasteiger partial charge >= 0.3 is 5.97 Å². The van der Waals surface area contributed by atoms with Gasteiger partial charge in [0.2, 0.25) is 5.91 Å². The summed E-state index contributed by atoms with van der Waals surface area (Å²) in [5, 5.41) is 23.2. The molecule has 0 saturated carbocycles. The Kier molecular flexibility index (Phi) is 64.9. The molecule has 0 fully saturated rings. The van der Waals surface area contributed by atoms with E-state index in [0.717, 1.165) is 44.9 Å². The number of aliphatic hydroxyl groups is 2. The smallest absolute Gasteiger partial charge is 0.305 e. The molecule has 6 heteroatoms. The average molecular weight is 1080 g/mol. The van der Waals surface area contributed by atoms with Crippen LogP contribution in [0.3, 0.4) is 0 Å². The van der Waals surface area contributed by atoms with E-state index in [0.29, 0.717) is 19.4 Å². The van der Waals surface area contributed by atoms with Gasteiger partial charge in [0.1, 0.15) is 0 Å². The van der Waals surface area contributed by atoms with Crippen LogP contribution in [0.1, 0.15) is 380 Å². The maximum Gasteiger partial charge on any atom is 0.305 e. The molecule has 0 aromatic carbocycles. The number of amides is 1. The molecule has 2 unspecified atom stereocenters. The van der Waals surface area contributed by atoms with Gasteiger partial charge < -0.3 is 20.3 Å². The molecule has 0 saturated heterocycles. The van der Waals surface area contributed by atoms with Crippen LogP contribution in [0.4, 0.5) is 0 Å². The van der Waals surface area contributed by atoms with Crippen LogP contribution in [-0.4, -0.2) is 47.4 Å². The Morgan fingerprint density at radius 3 is 0.961 bits per heavy atom. The molecule has 1 amide bonds. The number of unbranched alkanes of at least 4 members (excludes halogenated alkanes) is 50. The monoisotopic (exact) mass is 1080 g/mol. The highest BCUT2D eigenvalue weighted by Gasteiger charge is 2.18. The molecule has 0 heterocycles. The van der Waals surface area contributed by atoms with Crippen molar-refractivity contribution in [3.63, 3.8) is 0 Å². The van der Waals surface area contributed by atoms with Crippen molar-refractivity contribution in [2.24, 2.45) is 0 Å². The Morgan fingerprint density at radius 2 is 0.623 bits per heavy atom. The fourth-order valence-electron chi connectivity index (χ4n) is 10.8. The second-order valence-electron chi connectivity index (χ2n) is 23.9. The first-order valence-electron chi connectivity index (χ1n) is 34.8. The van der Waals surface area contributed by atoms with Crippen LogP contribution in [0.5, 0.6) is 0 Å². The standard InChI is InChI=1S/C71H135NO5/c1-3-5-7-9-11-13-15-16-17-18-19-28-31-34-37-40-44-47-51-55-59-63-69(74)68(67-73)72-70(75)64-60-56-52-48-45-41-38-35-32-29-26-24-22-20-21-23-25-27-30-33-36-39-42-46-50-54-58-62-66-77-71(76)65-61-57-53-49-43-14-12-10-8-6-4-2/h10,12,20-21,59,63,68-69,73-74H,3-9,11,13-19,22-58,60-62,64-67H2,1-2H3,(H,72,75)/b12-10-,21-20-,63-59+. The van der Waals surface area contributed by atoms with Crippen molar-refractivity contribution in [2.75, 3.05) is 13.2 Å². The van der Waals surface area contributed by atoms with Crippen LogP contribution in [0.15, 0.2) is 36.5 Å². The summed E-state index contributed by atoms with van der Waals surface area (Å²) >= 11 is 0. The lowest BCUT2D eigenvalue weighted by molar-refractivity contribution is -0.143. The Labute approximate surface area is 481 Å². The van der Waals surface area contributed by atoms with Gasteiger partial charge in [-0.25, -0.2) is 0 Å². The predicted molar refractivity (Wildman–Crippen MR) is 338 cm³/mol. The third-order valence-electron chi connectivity index (χ3n) is 16.1. The summed E-state index contributed by atoms with van der Waals surface area (Å²) in [6, 6.07) is -0.629. The number of hydrogen-bond donors (Lipinski definition) is 3. The van der Waals surface area contributed by atoms with E-state index in [4.69, 9.17) is 4.74 Å². The van der Waals surface area contributed by atoms with E-state index in [1.165, 1.54) is 308 Å². The molecule has 0 aromatic heterocycles. The lowest BCUT2D eigenvalue weighted by Gasteiger charge is -2.20. The maximum absolute atomic E-state index is 12.5. The molecular formula is C71H135NO5. The number of carbonyl (C=O) groups is 2. The number of nitrogens with one attached hydrogen (secondary N) is 1. The minimum atomic E-state index is -0.846. The minimum Gasteiger partial charge on any atom is -0.466 e. The molecule has 3 N–H and O–H groups in total. The van der Waals surface area contributed by atoms with Gasteiger partial charge in [0.15, 0.2) is 0 Å². The highest BCUT2D eigenvalue weighted by Crippen LogP contribution is 2.18. The number of aliphatic hydroxyl groups excluding tert-OH is 2. The SMILES string of the molecule is CCCC/C=C\CCCCCCCC(=O)OCCCCCCCCCCCCCC/C=C\CCCCCCCCCCCCCCC(=O)NC(CO)C(O)/C=C/CCCCCCCCCCCCCCCCCCCCC. The predicted octanol–water partition coefficient (Wildman–Crippen LogP) is 22.3. The Bertz CT molecular complexity index is 1250. The first-order chi connectivity index (χ1) is 38.0. The van der Waals surface area contributed by atoms with Crippen molar-refractivity contribution in [3.05, 3.63) is 36.5 Å². The van der Waals surface area contributed by atoms with Crippen LogP contribution >= 0.6 is 0 Å². The Morgan fingerprint density at radius 1 is 0.351 bits per heavy atom. The van der Waals surface area contributed by atoms with Crippen LogP contribution < -0.4 is 5.32 Å². The quantitative estimate of drug-likeness (QED) is 0.0320. The molecule has 0 rings (SSSR count). The summed E-state index contributed by atoms with van der Waals surface area (Å²) in [5.41, 5.74) is 0. The number of ether oxygens (including phenoxy) is 1. The van der Waals surface area contributed by atoms with Crippen LogP contribution in [0.2, 0.25) is 0 Å². The first-order valence-corrected chi connectivity index (χ1v) is 34.8. The fourth-order valence-corrected chi connectivity index (χ4v) is 10.8. The van der Waals surface area contributed by atoms with Crippen molar-refractivity contribution in [1.82, 2.24) is 5.32 Å². The summed E-state index contributed by atoms with van der Waals surface area (Å²) in [6.07, 6.45) is 85.1. The molecule has 6 nitrogen and oxygen atoms in total. The maximum atomic E-state index is 12.5. The van der Waals surface area contributed by atoms with Crippen molar-refractivity contribution in [1.29, 1.82) is 0 Å². The molecule has 0 aliphatic rings. The van der Waals surface area contributed by atoms with Crippen molar-refractivity contribution < 1.29 is 24.5 Å². The topological polar surface area (TPSA) is 95.9 Å². The molecule has 0 radical (unpaired) electrons. The number of rotatable bonds is 65. The zero-order valence-electron chi connectivity index (χ0n) is 52.0. The highest BCUT2D eigenvalue weighted by atomic mass is 16.5. The van der Waals surface area contributed by atoms with E-state index in [9.17, 15) is 19.8 Å². The van der Waals surface area contributed by atoms with Gasteiger partial charge in [0.05, 0.1) is 25.4 Å². The van der Waals surface area contributed by atoms with Gasteiger partial charge in [0.25, 0.3) is 0 Å². The van der Waals surface area contributed by atoms with Crippen LogP contribution in [0, 0.1) is 0 Å². The molecular weight excluding hydrogens is 947 g/mol. The van der Waals surface area contributed by atoms with Gasteiger partial charge in [-0.2, -0.15) is 0 Å². The Hall–Kier alpha value is -1.92. The number of hydrogen-bond acceptors (Lipinski definition) is 5. The third-order valence-corrected chi connectivity index (χ3v) is 16.1. The lowest BCUT2D eigenvalue weighted by atomic mass is 10.0. The van der Waals surface area contributed by atoms with Crippen LogP contribution in [0.25, 0.3) is 0 Å². The average Bonchev–Trinajstić information content (AvgIpc) is 3.43. The van der Waals surface area contributed by atoms with Crippen molar-refractivity contribution in [2.45, 2.75) is 392 Å². The molecule has 454 valence electrons. The first kappa shape index (κ1) is 75.1. The summed E-state index contributed by atoms with van der Waals surface area (Å²) < 4.78 is 5.46. The zero-order chi connectivity index (χ0) is 55.7. The lowest BCUT2D eigenvalue weighted by Crippen LogP contribution is -2.45. The van der Waals surface area contributed by atoms with E-state index >= 15 is 0 Å². The molecule has 2 atom stereocenters. The van der Waals surface area contributed by atoms with Gasteiger partial charge in [-0.15, -0.1) is 0 Å². The number of allylic oxidation sites excluding steroid dienone is 5. The number of carbonyl (C=O) groups excluding carboxylic acids is 2. The van der Waals surface area contributed by atoms with E-state index < -0.39 is 12.1 Å². The van der Waals surface area contributed by atoms with Crippen LogP contribution in [-0.2, 0) is 14.3 Å². The summed E-state index contributed by atoms with van der Waals surface area (Å²) in [4.78, 5) is 24.5. The van der Waals surface area contributed by atoms with E-state index in [1.807, 2.05) is 6.08 Å². The molecule has 0 aromatic rings. The molecule has 0 spiro atoms. The molecule has 0 aliphatic carbocycles. The molecule has 0 aliphatic heterocycles. The van der Waals surface area contributed by atoms with Crippen molar-refractivity contribution in [3.8, 4) is 0 Å². The summed E-state index contributed by atoms with van der Waals surface area (Å²) in [6.45, 7) is 4.90. The van der Waals surface area contributed by atoms with Gasteiger partial charge in [0, 0.05) is 12.8 Å².